The summed E-state index contributed by atoms with van der Waals surface area (Å²) in [7, 11) is -3.36. The van der Waals surface area contributed by atoms with Crippen LogP contribution in [0.5, 0.6) is 0 Å². The van der Waals surface area contributed by atoms with Crippen LogP contribution in [0.4, 0.5) is 5.13 Å². The summed E-state index contributed by atoms with van der Waals surface area (Å²) < 4.78 is 23.2. The van der Waals surface area contributed by atoms with Gasteiger partial charge in [0.05, 0.1) is 9.77 Å². The number of benzene rings is 2. The molecule has 1 N–H and O–H groups in total. The number of thiazole rings is 1. The molecular weight excluding hydrogens is 344 g/mol. The zero-order chi connectivity index (χ0) is 17.2. The fourth-order valence-electron chi connectivity index (χ4n) is 2.11. The van der Waals surface area contributed by atoms with Gasteiger partial charge in [0.1, 0.15) is 0 Å². The molecule has 122 valence electrons. The SMILES string of the molecule is CS(=O)(=O)c1cccc(C(=O)Nc2ncc(-c3ccccc3)s2)c1. The summed E-state index contributed by atoms with van der Waals surface area (Å²) in [6, 6.07) is 15.7. The van der Waals surface area contributed by atoms with E-state index in [9.17, 15) is 13.2 Å². The molecule has 1 amide bonds. The van der Waals surface area contributed by atoms with Gasteiger partial charge in [-0.1, -0.05) is 47.7 Å². The second-order valence-electron chi connectivity index (χ2n) is 5.15. The third-order valence-electron chi connectivity index (χ3n) is 3.31. The topological polar surface area (TPSA) is 76.1 Å². The van der Waals surface area contributed by atoms with E-state index in [2.05, 4.69) is 10.3 Å². The summed E-state index contributed by atoms with van der Waals surface area (Å²) in [5.41, 5.74) is 1.30. The van der Waals surface area contributed by atoms with E-state index in [-0.39, 0.29) is 10.5 Å². The molecule has 1 heterocycles. The van der Waals surface area contributed by atoms with Gasteiger partial charge in [0.25, 0.3) is 5.91 Å². The standard InChI is InChI=1S/C17H14N2O3S2/c1-24(21,22)14-9-5-8-13(10-14)16(20)19-17-18-11-15(23-17)12-6-3-2-4-7-12/h2-11H,1H3,(H,18,19,20). The average molecular weight is 358 g/mol. The maximum absolute atomic E-state index is 12.3. The third kappa shape index (κ3) is 3.69. The lowest BCUT2D eigenvalue weighted by molar-refractivity contribution is 0.102. The summed E-state index contributed by atoms with van der Waals surface area (Å²) in [6.07, 6.45) is 2.81. The van der Waals surface area contributed by atoms with Gasteiger partial charge in [0.15, 0.2) is 15.0 Å². The predicted molar refractivity (Wildman–Crippen MR) is 95.1 cm³/mol. The smallest absolute Gasteiger partial charge is 0.257 e. The lowest BCUT2D eigenvalue weighted by Gasteiger charge is -2.04. The highest BCUT2D eigenvalue weighted by Gasteiger charge is 2.13. The lowest BCUT2D eigenvalue weighted by atomic mass is 10.2. The van der Waals surface area contributed by atoms with E-state index in [4.69, 9.17) is 0 Å². The molecular formula is C17H14N2O3S2. The summed E-state index contributed by atoms with van der Waals surface area (Å²) >= 11 is 1.36. The molecule has 0 saturated heterocycles. The Morgan fingerprint density at radius 1 is 1.08 bits per heavy atom. The van der Waals surface area contributed by atoms with Crippen molar-refractivity contribution in [2.45, 2.75) is 4.90 Å². The first-order chi connectivity index (χ1) is 11.4. The Hall–Kier alpha value is -2.51. The molecule has 1 aromatic heterocycles. The van der Waals surface area contributed by atoms with Crippen molar-refractivity contribution in [2.24, 2.45) is 0 Å². The van der Waals surface area contributed by atoms with Gasteiger partial charge in [0, 0.05) is 18.0 Å². The van der Waals surface area contributed by atoms with Crippen LogP contribution in [0.15, 0.2) is 65.7 Å². The number of hydrogen-bond donors (Lipinski definition) is 1. The van der Waals surface area contributed by atoms with Crippen LogP contribution in [0.3, 0.4) is 0 Å². The van der Waals surface area contributed by atoms with Gasteiger partial charge in [-0.25, -0.2) is 13.4 Å². The summed E-state index contributed by atoms with van der Waals surface area (Å²) in [5.74, 6) is -0.394. The zero-order valence-electron chi connectivity index (χ0n) is 12.8. The van der Waals surface area contributed by atoms with Crippen molar-refractivity contribution in [1.29, 1.82) is 0 Å². The van der Waals surface area contributed by atoms with Crippen LogP contribution in [0.1, 0.15) is 10.4 Å². The molecule has 3 rings (SSSR count). The Morgan fingerprint density at radius 2 is 1.83 bits per heavy atom. The highest BCUT2D eigenvalue weighted by molar-refractivity contribution is 7.90. The fourth-order valence-corrected chi connectivity index (χ4v) is 3.59. The van der Waals surface area contributed by atoms with Crippen molar-refractivity contribution in [2.75, 3.05) is 11.6 Å². The molecule has 0 saturated carbocycles. The van der Waals surface area contributed by atoms with Crippen molar-refractivity contribution >= 4 is 32.2 Å². The molecule has 0 fully saturated rings. The molecule has 0 unspecified atom stereocenters. The van der Waals surface area contributed by atoms with E-state index in [1.165, 1.54) is 23.5 Å². The van der Waals surface area contributed by atoms with Crippen molar-refractivity contribution < 1.29 is 13.2 Å². The van der Waals surface area contributed by atoms with Gasteiger partial charge in [0.2, 0.25) is 0 Å². The minimum Gasteiger partial charge on any atom is -0.298 e. The van der Waals surface area contributed by atoms with Crippen LogP contribution in [0.2, 0.25) is 0 Å². The molecule has 0 aliphatic carbocycles. The van der Waals surface area contributed by atoms with E-state index in [1.807, 2.05) is 30.3 Å². The van der Waals surface area contributed by atoms with Gasteiger partial charge in [-0.3, -0.25) is 10.1 Å². The monoisotopic (exact) mass is 358 g/mol. The number of carbonyl (C=O) groups is 1. The van der Waals surface area contributed by atoms with E-state index in [0.29, 0.717) is 5.13 Å². The van der Waals surface area contributed by atoms with Crippen molar-refractivity contribution in [3.8, 4) is 10.4 Å². The van der Waals surface area contributed by atoms with Crippen molar-refractivity contribution in [1.82, 2.24) is 4.98 Å². The van der Waals surface area contributed by atoms with Gasteiger partial charge in [-0.2, -0.15) is 0 Å². The van der Waals surface area contributed by atoms with E-state index >= 15 is 0 Å². The number of hydrogen-bond acceptors (Lipinski definition) is 5. The molecule has 0 atom stereocenters. The number of nitrogens with zero attached hydrogens (tertiary/aromatic N) is 1. The van der Waals surface area contributed by atoms with Crippen LogP contribution >= 0.6 is 11.3 Å². The van der Waals surface area contributed by atoms with Gasteiger partial charge < -0.3 is 0 Å². The molecule has 0 bridgehead atoms. The van der Waals surface area contributed by atoms with Gasteiger partial charge in [-0.05, 0) is 23.8 Å². The number of amides is 1. The minimum atomic E-state index is -3.36. The first-order valence-electron chi connectivity index (χ1n) is 7.06. The zero-order valence-corrected chi connectivity index (χ0v) is 14.4. The van der Waals surface area contributed by atoms with Crippen LogP contribution in [0.25, 0.3) is 10.4 Å². The molecule has 0 aliphatic rings. The first kappa shape index (κ1) is 16.4. The Balaban J connectivity index is 1.80. The quantitative estimate of drug-likeness (QED) is 0.775. The highest BCUT2D eigenvalue weighted by atomic mass is 32.2. The Labute approximate surface area is 143 Å². The number of sulfone groups is 1. The molecule has 7 heteroatoms. The molecule has 2 aromatic carbocycles. The largest absolute Gasteiger partial charge is 0.298 e. The highest BCUT2D eigenvalue weighted by Crippen LogP contribution is 2.28. The lowest BCUT2D eigenvalue weighted by Crippen LogP contribution is -2.12. The van der Waals surface area contributed by atoms with Crippen LogP contribution < -0.4 is 5.32 Å². The summed E-state index contributed by atoms with van der Waals surface area (Å²) in [4.78, 5) is 17.5. The average Bonchev–Trinajstić information content (AvgIpc) is 3.03. The van der Waals surface area contributed by atoms with Crippen molar-refractivity contribution in [3.05, 3.63) is 66.4 Å². The third-order valence-corrected chi connectivity index (χ3v) is 5.38. The number of rotatable bonds is 4. The molecule has 0 radical (unpaired) electrons. The van der Waals surface area contributed by atoms with Crippen LogP contribution in [0, 0.1) is 0 Å². The molecule has 0 aliphatic heterocycles. The fraction of sp³-hybridized carbons (Fsp3) is 0.0588. The predicted octanol–water partition coefficient (Wildman–Crippen LogP) is 3.47. The van der Waals surface area contributed by atoms with E-state index in [1.54, 1.807) is 18.3 Å². The van der Waals surface area contributed by atoms with Crippen molar-refractivity contribution in [3.63, 3.8) is 0 Å². The molecule has 24 heavy (non-hydrogen) atoms. The first-order valence-corrected chi connectivity index (χ1v) is 9.77. The molecule has 0 spiro atoms. The van der Waals surface area contributed by atoms with Crippen LogP contribution in [-0.4, -0.2) is 25.6 Å². The Morgan fingerprint density at radius 3 is 2.54 bits per heavy atom. The Kier molecular flexibility index (Phi) is 4.46. The number of aromatic nitrogens is 1. The number of anilines is 1. The summed E-state index contributed by atoms with van der Waals surface area (Å²) in [5, 5.41) is 3.16. The molecule has 3 aromatic rings. The van der Waals surface area contributed by atoms with Crippen LogP contribution in [-0.2, 0) is 9.84 Å². The maximum atomic E-state index is 12.3. The maximum Gasteiger partial charge on any atom is 0.257 e. The normalized spacial score (nSPS) is 11.2. The van der Waals surface area contributed by atoms with Gasteiger partial charge >= 0.3 is 0 Å². The Bertz CT molecular complexity index is 980. The second kappa shape index (κ2) is 6.54. The van der Waals surface area contributed by atoms with Gasteiger partial charge in [-0.15, -0.1) is 0 Å². The second-order valence-corrected chi connectivity index (χ2v) is 8.20. The number of carbonyl (C=O) groups excluding carboxylic acids is 1. The molecule has 5 nitrogen and oxygen atoms in total. The number of nitrogens with one attached hydrogen (secondary N) is 1. The van der Waals surface area contributed by atoms with E-state index in [0.717, 1.165) is 16.7 Å². The summed E-state index contributed by atoms with van der Waals surface area (Å²) in [6.45, 7) is 0. The van der Waals surface area contributed by atoms with E-state index < -0.39 is 15.7 Å². The minimum absolute atomic E-state index is 0.110.